The number of amides is 3. The average Bonchev–Trinajstić information content (AvgIpc) is 2.99. The molecule has 120 valence electrons. The van der Waals surface area contributed by atoms with Crippen LogP contribution in [-0.2, 0) is 14.3 Å². The highest BCUT2D eigenvalue weighted by atomic mass is 16.5. The maximum Gasteiger partial charge on any atom is 0.407 e. The van der Waals surface area contributed by atoms with Gasteiger partial charge in [0.15, 0.2) is 0 Å². The van der Waals surface area contributed by atoms with Crippen molar-refractivity contribution in [2.45, 2.75) is 45.2 Å². The van der Waals surface area contributed by atoms with Crippen molar-refractivity contribution in [3.05, 3.63) is 0 Å². The van der Waals surface area contributed by atoms with Crippen LogP contribution in [0.4, 0.5) is 4.79 Å². The van der Waals surface area contributed by atoms with Gasteiger partial charge in [-0.05, 0) is 18.8 Å². The Bertz CT molecular complexity index is 400. The summed E-state index contributed by atoms with van der Waals surface area (Å²) >= 11 is 0. The second kappa shape index (κ2) is 7.85. The molecule has 1 fully saturated rings. The van der Waals surface area contributed by atoms with Crippen LogP contribution in [0.5, 0.6) is 0 Å². The van der Waals surface area contributed by atoms with Crippen molar-refractivity contribution in [3.8, 4) is 0 Å². The van der Waals surface area contributed by atoms with E-state index in [1.807, 2.05) is 13.8 Å². The number of rotatable bonds is 5. The zero-order valence-electron chi connectivity index (χ0n) is 13.1. The highest BCUT2D eigenvalue weighted by Crippen LogP contribution is 2.21. The van der Waals surface area contributed by atoms with Crippen molar-refractivity contribution in [3.63, 3.8) is 0 Å². The molecule has 0 aromatic heterocycles. The first kappa shape index (κ1) is 17.3. The fraction of sp³-hybridized carbons (Fsp3) is 0.786. The normalized spacial score (nSPS) is 20.6. The zero-order chi connectivity index (χ0) is 16.0. The van der Waals surface area contributed by atoms with Crippen LogP contribution >= 0.6 is 0 Å². The van der Waals surface area contributed by atoms with Crippen LogP contribution in [0, 0.1) is 5.92 Å². The molecule has 1 rings (SSSR count). The number of carbonyl (C=O) groups is 3. The molecule has 0 saturated carbocycles. The van der Waals surface area contributed by atoms with Gasteiger partial charge in [0.05, 0.1) is 7.11 Å². The third kappa shape index (κ3) is 4.09. The number of nitrogens with zero attached hydrogens (tertiary/aromatic N) is 1. The topological polar surface area (TPSA) is 87.7 Å². The molecule has 0 aliphatic carbocycles. The van der Waals surface area contributed by atoms with Crippen LogP contribution in [0.3, 0.4) is 0 Å². The van der Waals surface area contributed by atoms with E-state index in [0.29, 0.717) is 13.0 Å². The smallest absolute Gasteiger partial charge is 0.407 e. The van der Waals surface area contributed by atoms with Gasteiger partial charge in [0.2, 0.25) is 11.8 Å². The van der Waals surface area contributed by atoms with Gasteiger partial charge < -0.3 is 20.3 Å². The molecule has 1 unspecified atom stereocenters. The number of methoxy groups -OCH3 is 1. The minimum atomic E-state index is -0.673. The second-order valence-electron chi connectivity index (χ2n) is 5.30. The van der Waals surface area contributed by atoms with Gasteiger partial charge in [-0.25, -0.2) is 4.79 Å². The number of hydrogen-bond acceptors (Lipinski definition) is 4. The summed E-state index contributed by atoms with van der Waals surface area (Å²) in [6.45, 7) is 4.38. The minimum absolute atomic E-state index is 0.0393. The lowest BCUT2D eigenvalue weighted by Crippen LogP contribution is -2.55. The van der Waals surface area contributed by atoms with Crippen LogP contribution in [-0.4, -0.2) is 55.6 Å². The Morgan fingerprint density at radius 2 is 2.05 bits per heavy atom. The van der Waals surface area contributed by atoms with E-state index in [0.717, 1.165) is 12.8 Å². The Balaban J connectivity index is 2.88. The van der Waals surface area contributed by atoms with Crippen molar-refractivity contribution in [2.24, 2.45) is 5.92 Å². The van der Waals surface area contributed by atoms with Crippen molar-refractivity contribution in [1.82, 2.24) is 15.5 Å². The summed E-state index contributed by atoms with van der Waals surface area (Å²) in [7, 11) is 2.82. The molecule has 1 aliphatic heterocycles. The monoisotopic (exact) mass is 299 g/mol. The first-order valence-corrected chi connectivity index (χ1v) is 7.32. The molecular weight excluding hydrogens is 274 g/mol. The number of alkyl carbamates (subject to hydrolysis) is 1. The van der Waals surface area contributed by atoms with Gasteiger partial charge in [0.25, 0.3) is 0 Å². The summed E-state index contributed by atoms with van der Waals surface area (Å²) in [5.41, 5.74) is 0. The first-order valence-electron chi connectivity index (χ1n) is 7.32. The van der Waals surface area contributed by atoms with Crippen molar-refractivity contribution in [1.29, 1.82) is 0 Å². The first-order chi connectivity index (χ1) is 9.96. The van der Waals surface area contributed by atoms with Crippen molar-refractivity contribution in [2.75, 3.05) is 20.7 Å². The number of likely N-dealkylation sites (tertiary alicyclic amines) is 1. The molecule has 0 radical (unpaired) electrons. The summed E-state index contributed by atoms with van der Waals surface area (Å²) in [5, 5.41) is 5.17. The van der Waals surface area contributed by atoms with Gasteiger partial charge in [-0.1, -0.05) is 20.3 Å². The largest absolute Gasteiger partial charge is 0.453 e. The van der Waals surface area contributed by atoms with Gasteiger partial charge in [-0.3, -0.25) is 9.59 Å². The molecule has 2 N–H and O–H groups in total. The van der Waals surface area contributed by atoms with Gasteiger partial charge in [-0.15, -0.1) is 0 Å². The molecule has 7 nitrogen and oxygen atoms in total. The quantitative estimate of drug-likeness (QED) is 0.773. The Kier molecular flexibility index (Phi) is 6.45. The van der Waals surface area contributed by atoms with E-state index < -0.39 is 18.2 Å². The SMILES string of the molecule is CC[C@H](C)C(NC(=O)OC)C(=O)N1CCC[C@H]1C(=O)NC. The summed E-state index contributed by atoms with van der Waals surface area (Å²) in [6, 6.07) is -1.12. The third-order valence-corrected chi connectivity index (χ3v) is 4.02. The number of carbonyl (C=O) groups excluding carboxylic acids is 3. The molecule has 0 bridgehead atoms. The van der Waals surface area contributed by atoms with E-state index in [-0.39, 0.29) is 17.7 Å². The van der Waals surface area contributed by atoms with E-state index in [1.54, 1.807) is 11.9 Å². The highest BCUT2D eigenvalue weighted by Gasteiger charge is 2.38. The lowest BCUT2D eigenvalue weighted by molar-refractivity contribution is -0.140. The summed E-state index contributed by atoms with van der Waals surface area (Å²) in [4.78, 5) is 37.6. The van der Waals surface area contributed by atoms with Crippen LogP contribution in [0.15, 0.2) is 0 Å². The molecule has 3 atom stereocenters. The molecule has 21 heavy (non-hydrogen) atoms. The van der Waals surface area contributed by atoms with Crippen molar-refractivity contribution >= 4 is 17.9 Å². The van der Waals surface area contributed by atoms with Gasteiger partial charge in [-0.2, -0.15) is 0 Å². The number of hydrogen-bond donors (Lipinski definition) is 2. The predicted molar refractivity (Wildman–Crippen MR) is 77.6 cm³/mol. The Hall–Kier alpha value is -1.79. The lowest BCUT2D eigenvalue weighted by Gasteiger charge is -2.30. The van der Waals surface area contributed by atoms with Crippen LogP contribution in [0.2, 0.25) is 0 Å². The Morgan fingerprint density at radius 1 is 1.38 bits per heavy atom. The van der Waals surface area contributed by atoms with Gasteiger partial charge in [0, 0.05) is 13.6 Å². The fourth-order valence-corrected chi connectivity index (χ4v) is 2.52. The molecule has 0 spiro atoms. The molecule has 1 saturated heterocycles. The summed E-state index contributed by atoms with van der Waals surface area (Å²) in [5.74, 6) is -0.426. The fourth-order valence-electron chi connectivity index (χ4n) is 2.52. The Labute approximate surface area is 125 Å². The molecular formula is C14H25N3O4. The molecule has 7 heteroatoms. The molecule has 1 aliphatic rings. The van der Waals surface area contributed by atoms with E-state index in [9.17, 15) is 14.4 Å². The van der Waals surface area contributed by atoms with E-state index in [1.165, 1.54) is 7.11 Å². The minimum Gasteiger partial charge on any atom is -0.453 e. The van der Waals surface area contributed by atoms with Crippen molar-refractivity contribution < 1.29 is 19.1 Å². The van der Waals surface area contributed by atoms with E-state index in [2.05, 4.69) is 15.4 Å². The second-order valence-corrected chi connectivity index (χ2v) is 5.30. The van der Waals surface area contributed by atoms with Crippen LogP contribution < -0.4 is 10.6 Å². The van der Waals surface area contributed by atoms with Gasteiger partial charge >= 0.3 is 6.09 Å². The summed E-state index contributed by atoms with van der Waals surface area (Å²) in [6.07, 6.45) is 1.54. The molecule has 0 aromatic carbocycles. The average molecular weight is 299 g/mol. The van der Waals surface area contributed by atoms with E-state index >= 15 is 0 Å². The van der Waals surface area contributed by atoms with Crippen LogP contribution in [0.25, 0.3) is 0 Å². The van der Waals surface area contributed by atoms with Crippen LogP contribution in [0.1, 0.15) is 33.1 Å². The predicted octanol–water partition coefficient (Wildman–Crippen LogP) is 0.494. The third-order valence-electron chi connectivity index (χ3n) is 4.02. The molecule has 0 aromatic rings. The number of nitrogens with one attached hydrogen (secondary N) is 2. The maximum absolute atomic E-state index is 12.7. The molecule has 1 heterocycles. The number of ether oxygens (including phenoxy) is 1. The summed E-state index contributed by atoms with van der Waals surface area (Å²) < 4.78 is 4.58. The standard InChI is InChI=1S/C14H25N3O4/c1-5-9(2)11(16-14(20)21-4)13(19)17-8-6-7-10(17)12(18)15-3/h9-11H,5-8H2,1-4H3,(H,15,18)(H,16,20)/t9-,10-,11?/m0/s1. The Morgan fingerprint density at radius 3 is 2.57 bits per heavy atom. The lowest BCUT2D eigenvalue weighted by atomic mass is 9.97. The van der Waals surface area contributed by atoms with Gasteiger partial charge in [0.1, 0.15) is 12.1 Å². The highest BCUT2D eigenvalue weighted by molar-refractivity contribution is 5.91. The molecule has 3 amide bonds. The van der Waals surface area contributed by atoms with E-state index in [4.69, 9.17) is 0 Å². The maximum atomic E-state index is 12.7. The number of likely N-dealkylation sites (N-methyl/N-ethyl adjacent to an activating group) is 1. The zero-order valence-corrected chi connectivity index (χ0v) is 13.1.